The molecule has 0 spiro atoms. The fourth-order valence-corrected chi connectivity index (χ4v) is 5.38. The van der Waals surface area contributed by atoms with Crippen molar-refractivity contribution in [3.63, 3.8) is 0 Å². The first-order valence-electron chi connectivity index (χ1n) is 10.9. The first-order valence-corrected chi connectivity index (χ1v) is 12.3. The number of rotatable bonds is 7. The highest BCUT2D eigenvalue weighted by molar-refractivity contribution is 7.89. The number of nitrogens with one attached hydrogen (secondary N) is 2. The number of carbonyl (C=O) groups is 2. The molecule has 0 atom stereocenters. The zero-order chi connectivity index (χ0) is 21.4. The van der Waals surface area contributed by atoms with Crippen LogP contribution in [0.25, 0.3) is 0 Å². The third-order valence-electron chi connectivity index (χ3n) is 5.66. The lowest BCUT2D eigenvalue weighted by atomic mass is 10.1. The number of hydrogen-bond donors (Lipinski definition) is 2. The van der Waals surface area contributed by atoms with E-state index in [0.29, 0.717) is 26.1 Å². The van der Waals surface area contributed by atoms with Gasteiger partial charge in [0, 0.05) is 45.7 Å². The van der Waals surface area contributed by atoms with E-state index in [-0.39, 0.29) is 23.4 Å². The Kier molecular flexibility index (Phi) is 8.09. The maximum absolute atomic E-state index is 12.7. The zero-order valence-corrected chi connectivity index (χ0v) is 18.3. The van der Waals surface area contributed by atoms with Gasteiger partial charge in [0.1, 0.15) is 0 Å². The molecule has 2 N–H and O–H groups in total. The second-order valence-corrected chi connectivity index (χ2v) is 9.85. The monoisotopic (exact) mass is 436 g/mol. The largest absolute Gasteiger partial charge is 0.343 e. The topological polar surface area (TPSA) is 98.8 Å². The van der Waals surface area contributed by atoms with Crippen LogP contribution in [0.1, 0.15) is 50.5 Å². The van der Waals surface area contributed by atoms with Crippen molar-refractivity contribution in [2.45, 2.75) is 56.4 Å². The predicted octanol–water partition coefficient (Wildman–Crippen LogP) is 2.06. The van der Waals surface area contributed by atoms with Crippen LogP contribution in [0.5, 0.6) is 0 Å². The quantitative estimate of drug-likeness (QED) is 0.683. The number of likely N-dealkylation sites (tertiary alicyclic amines) is 1. The summed E-state index contributed by atoms with van der Waals surface area (Å²) in [5, 5.41) is 5.44. The van der Waals surface area contributed by atoms with Crippen molar-refractivity contribution in [2.24, 2.45) is 0 Å². The summed E-state index contributed by atoms with van der Waals surface area (Å²) in [7, 11) is -3.44. The van der Waals surface area contributed by atoms with E-state index in [2.05, 4.69) is 10.6 Å². The molecule has 1 aromatic rings. The predicted molar refractivity (Wildman–Crippen MR) is 114 cm³/mol. The van der Waals surface area contributed by atoms with Crippen LogP contribution >= 0.6 is 0 Å². The van der Waals surface area contributed by atoms with Crippen molar-refractivity contribution >= 4 is 22.0 Å². The Hall–Kier alpha value is -2.13. The highest BCUT2D eigenvalue weighted by Crippen LogP contribution is 2.20. The van der Waals surface area contributed by atoms with Crippen LogP contribution in [-0.2, 0) is 21.4 Å². The Bertz CT molecular complexity index is 814. The van der Waals surface area contributed by atoms with Gasteiger partial charge in [0.05, 0.1) is 4.90 Å². The van der Waals surface area contributed by atoms with Gasteiger partial charge in [-0.3, -0.25) is 4.79 Å². The molecular formula is C21H32N4O4S. The normalized spacial score (nSPS) is 18.1. The molecular weight excluding hydrogens is 404 g/mol. The van der Waals surface area contributed by atoms with Crippen molar-refractivity contribution in [1.29, 1.82) is 0 Å². The molecule has 0 aliphatic carbocycles. The van der Waals surface area contributed by atoms with Gasteiger partial charge in [0.15, 0.2) is 0 Å². The Labute approximate surface area is 179 Å². The van der Waals surface area contributed by atoms with E-state index < -0.39 is 10.0 Å². The second-order valence-electron chi connectivity index (χ2n) is 7.91. The van der Waals surface area contributed by atoms with E-state index in [0.717, 1.165) is 50.8 Å². The number of piperidine rings is 2. The molecule has 1 aromatic carbocycles. The number of carbonyl (C=O) groups excluding carboxylic acids is 2. The summed E-state index contributed by atoms with van der Waals surface area (Å²) in [4.78, 5) is 26.2. The minimum absolute atomic E-state index is 0.0838. The summed E-state index contributed by atoms with van der Waals surface area (Å²) in [5.74, 6) is 0.0838. The molecule has 30 heavy (non-hydrogen) atoms. The number of hydrogen-bond acceptors (Lipinski definition) is 4. The van der Waals surface area contributed by atoms with E-state index in [1.165, 1.54) is 6.42 Å². The molecule has 2 aliphatic rings. The zero-order valence-electron chi connectivity index (χ0n) is 17.4. The number of amides is 3. The van der Waals surface area contributed by atoms with Gasteiger partial charge in [0.2, 0.25) is 15.9 Å². The minimum atomic E-state index is -3.44. The first kappa shape index (κ1) is 22.6. The van der Waals surface area contributed by atoms with Gasteiger partial charge in [-0.15, -0.1) is 0 Å². The van der Waals surface area contributed by atoms with Crippen LogP contribution in [0.4, 0.5) is 4.79 Å². The van der Waals surface area contributed by atoms with E-state index in [1.807, 2.05) is 4.90 Å². The van der Waals surface area contributed by atoms with E-state index in [9.17, 15) is 18.0 Å². The lowest BCUT2D eigenvalue weighted by Gasteiger charge is -2.26. The number of urea groups is 1. The molecule has 0 saturated carbocycles. The molecule has 0 bridgehead atoms. The first-order chi connectivity index (χ1) is 14.5. The Morgan fingerprint density at radius 3 is 2.07 bits per heavy atom. The van der Waals surface area contributed by atoms with Gasteiger partial charge in [0.25, 0.3) is 0 Å². The molecule has 2 fully saturated rings. The van der Waals surface area contributed by atoms with E-state index >= 15 is 0 Å². The molecule has 0 radical (unpaired) electrons. The smallest absolute Gasteiger partial charge is 0.315 e. The van der Waals surface area contributed by atoms with Crippen LogP contribution < -0.4 is 10.6 Å². The fraction of sp³-hybridized carbons (Fsp3) is 0.619. The van der Waals surface area contributed by atoms with Crippen molar-refractivity contribution < 1.29 is 18.0 Å². The summed E-state index contributed by atoms with van der Waals surface area (Å²) in [6.45, 7) is 3.37. The third-order valence-corrected chi connectivity index (χ3v) is 7.58. The van der Waals surface area contributed by atoms with Crippen molar-refractivity contribution in [2.75, 3.05) is 32.7 Å². The second kappa shape index (κ2) is 10.8. The standard InChI is InChI=1S/C21H32N4O4S/c26-20(24-13-3-1-4-14-24)11-12-22-21(27)23-17-18-7-9-19(10-8-18)30(28,29)25-15-5-2-6-16-25/h7-10H,1-6,11-17H2,(H2,22,23,27). The van der Waals surface area contributed by atoms with Crippen molar-refractivity contribution in [3.8, 4) is 0 Å². The number of benzene rings is 1. The molecule has 0 unspecified atom stereocenters. The number of sulfonamides is 1. The summed E-state index contributed by atoms with van der Waals surface area (Å²) in [5.41, 5.74) is 0.812. The van der Waals surface area contributed by atoms with Crippen LogP contribution in [0.3, 0.4) is 0 Å². The molecule has 2 saturated heterocycles. The highest BCUT2D eigenvalue weighted by Gasteiger charge is 2.25. The van der Waals surface area contributed by atoms with Gasteiger partial charge in [-0.2, -0.15) is 4.31 Å². The molecule has 8 nitrogen and oxygen atoms in total. The third kappa shape index (κ3) is 6.18. The summed E-state index contributed by atoms with van der Waals surface area (Å²) < 4.78 is 26.9. The lowest BCUT2D eigenvalue weighted by Crippen LogP contribution is -2.40. The van der Waals surface area contributed by atoms with E-state index in [4.69, 9.17) is 0 Å². The Balaban J connectivity index is 1.40. The SMILES string of the molecule is O=C(NCCC(=O)N1CCCCC1)NCc1ccc(S(=O)(=O)N2CCCCC2)cc1. The van der Waals surface area contributed by atoms with Crippen molar-refractivity contribution in [1.82, 2.24) is 19.8 Å². The molecule has 3 amide bonds. The lowest BCUT2D eigenvalue weighted by molar-refractivity contribution is -0.131. The molecule has 2 aliphatic heterocycles. The highest BCUT2D eigenvalue weighted by atomic mass is 32.2. The Morgan fingerprint density at radius 1 is 0.833 bits per heavy atom. The average molecular weight is 437 g/mol. The van der Waals surface area contributed by atoms with Gasteiger partial charge in [-0.1, -0.05) is 18.6 Å². The van der Waals surface area contributed by atoms with Gasteiger partial charge < -0.3 is 15.5 Å². The number of nitrogens with zero attached hydrogens (tertiary/aromatic N) is 2. The Morgan fingerprint density at radius 2 is 1.43 bits per heavy atom. The fourth-order valence-electron chi connectivity index (χ4n) is 3.86. The minimum Gasteiger partial charge on any atom is -0.343 e. The molecule has 0 aromatic heterocycles. The van der Waals surface area contributed by atoms with Crippen LogP contribution in [-0.4, -0.2) is 62.3 Å². The average Bonchev–Trinajstić information content (AvgIpc) is 2.79. The molecule has 3 rings (SSSR count). The van der Waals surface area contributed by atoms with Gasteiger partial charge >= 0.3 is 6.03 Å². The van der Waals surface area contributed by atoms with Crippen molar-refractivity contribution in [3.05, 3.63) is 29.8 Å². The van der Waals surface area contributed by atoms with E-state index in [1.54, 1.807) is 28.6 Å². The molecule has 166 valence electrons. The van der Waals surface area contributed by atoms with Crippen LogP contribution in [0, 0.1) is 0 Å². The molecule has 2 heterocycles. The van der Waals surface area contributed by atoms with Crippen LogP contribution in [0.2, 0.25) is 0 Å². The maximum atomic E-state index is 12.7. The summed E-state index contributed by atoms with van der Waals surface area (Å²) in [6, 6.07) is 6.28. The van der Waals surface area contributed by atoms with Gasteiger partial charge in [-0.25, -0.2) is 13.2 Å². The molecule has 9 heteroatoms. The van der Waals surface area contributed by atoms with Gasteiger partial charge in [-0.05, 0) is 49.8 Å². The maximum Gasteiger partial charge on any atom is 0.315 e. The summed E-state index contributed by atoms with van der Waals surface area (Å²) in [6.07, 6.45) is 6.46. The summed E-state index contributed by atoms with van der Waals surface area (Å²) >= 11 is 0. The van der Waals surface area contributed by atoms with Crippen LogP contribution in [0.15, 0.2) is 29.2 Å².